The van der Waals surface area contributed by atoms with Gasteiger partial charge in [0.05, 0.1) is 11.8 Å². The third-order valence-corrected chi connectivity index (χ3v) is 3.92. The fourth-order valence-corrected chi connectivity index (χ4v) is 2.73. The number of rotatable bonds is 4. The van der Waals surface area contributed by atoms with Crippen LogP contribution >= 0.6 is 0 Å². The lowest BCUT2D eigenvalue weighted by atomic mass is 9.82. The van der Waals surface area contributed by atoms with Crippen molar-refractivity contribution in [1.82, 2.24) is 15.1 Å². The molecule has 1 aliphatic carbocycles. The van der Waals surface area contributed by atoms with Gasteiger partial charge >= 0.3 is 0 Å². The fraction of sp³-hybridized carbons (Fsp3) is 0.769. The minimum atomic E-state index is -0.0565. The lowest BCUT2D eigenvalue weighted by Gasteiger charge is -2.32. The molecule has 96 valence electrons. The first-order valence-corrected chi connectivity index (χ1v) is 6.40. The molecule has 2 N–H and O–H groups in total. The Kier molecular flexibility index (Phi) is 3.54. The number of aliphatic hydroxyl groups is 1. The second-order valence-electron chi connectivity index (χ2n) is 5.33. The third-order valence-electron chi connectivity index (χ3n) is 3.92. The molecule has 4 nitrogen and oxygen atoms in total. The second-order valence-corrected chi connectivity index (χ2v) is 5.33. The van der Waals surface area contributed by atoms with E-state index in [2.05, 4.69) is 31.2 Å². The van der Waals surface area contributed by atoms with Crippen LogP contribution in [0.4, 0.5) is 0 Å². The maximum atomic E-state index is 9.25. The molecular weight excluding hydrogens is 214 g/mol. The topological polar surface area (TPSA) is 50.1 Å². The van der Waals surface area contributed by atoms with Gasteiger partial charge in [0, 0.05) is 24.3 Å². The van der Waals surface area contributed by atoms with E-state index in [0.29, 0.717) is 12.0 Å². The van der Waals surface area contributed by atoms with Gasteiger partial charge in [-0.05, 0) is 46.1 Å². The van der Waals surface area contributed by atoms with Gasteiger partial charge in [0.25, 0.3) is 0 Å². The zero-order chi connectivity index (χ0) is 12.6. The zero-order valence-electron chi connectivity index (χ0n) is 11.2. The predicted molar refractivity (Wildman–Crippen MR) is 67.8 cm³/mol. The van der Waals surface area contributed by atoms with Crippen LogP contribution in [0.1, 0.15) is 42.8 Å². The van der Waals surface area contributed by atoms with E-state index in [-0.39, 0.29) is 6.10 Å². The van der Waals surface area contributed by atoms with E-state index in [9.17, 15) is 5.11 Å². The van der Waals surface area contributed by atoms with Crippen LogP contribution in [0.5, 0.6) is 0 Å². The molecule has 1 heterocycles. The number of nitrogens with one attached hydrogen (secondary N) is 1. The number of nitrogens with zero attached hydrogens (tertiary/aromatic N) is 2. The average Bonchev–Trinajstić information content (AvgIpc) is 2.46. The minimum absolute atomic E-state index is 0.0565. The molecule has 0 bridgehead atoms. The molecule has 1 aromatic heterocycles. The highest BCUT2D eigenvalue weighted by atomic mass is 16.3. The van der Waals surface area contributed by atoms with E-state index in [1.54, 1.807) is 0 Å². The second kappa shape index (κ2) is 4.78. The normalized spacial score (nSPS) is 25.7. The molecule has 1 saturated carbocycles. The van der Waals surface area contributed by atoms with Crippen LogP contribution in [0, 0.1) is 19.8 Å². The monoisotopic (exact) mass is 237 g/mol. The number of aliphatic hydroxyl groups excluding tert-OH is 1. The van der Waals surface area contributed by atoms with E-state index in [1.165, 1.54) is 11.3 Å². The van der Waals surface area contributed by atoms with E-state index >= 15 is 0 Å². The van der Waals surface area contributed by atoms with Crippen molar-refractivity contribution in [3.05, 3.63) is 17.0 Å². The zero-order valence-corrected chi connectivity index (χ0v) is 11.2. The third kappa shape index (κ3) is 2.53. The molecule has 0 amide bonds. The first kappa shape index (κ1) is 12.6. The molecule has 0 saturated heterocycles. The largest absolute Gasteiger partial charge is 0.393 e. The Bertz CT molecular complexity index is 394. The van der Waals surface area contributed by atoms with Gasteiger partial charge in [0.15, 0.2) is 0 Å². The summed E-state index contributed by atoms with van der Waals surface area (Å²) >= 11 is 0. The van der Waals surface area contributed by atoms with Gasteiger partial charge < -0.3 is 10.4 Å². The van der Waals surface area contributed by atoms with Crippen LogP contribution in [0.15, 0.2) is 0 Å². The molecule has 0 aromatic carbocycles. The number of aryl methyl sites for hydroxylation is 2. The van der Waals surface area contributed by atoms with Crippen LogP contribution in [0.2, 0.25) is 0 Å². The molecule has 2 rings (SSSR count). The molecule has 1 fully saturated rings. The van der Waals surface area contributed by atoms with Crippen molar-refractivity contribution in [1.29, 1.82) is 0 Å². The molecular formula is C13H23N3O. The van der Waals surface area contributed by atoms with Gasteiger partial charge in [-0.1, -0.05) is 0 Å². The highest BCUT2D eigenvalue weighted by molar-refractivity contribution is 5.27. The van der Waals surface area contributed by atoms with Gasteiger partial charge in [0.2, 0.25) is 0 Å². The predicted octanol–water partition coefficient (Wildman–Crippen LogP) is 1.46. The Labute approximate surface area is 103 Å². The Hall–Kier alpha value is -0.870. The first-order chi connectivity index (χ1) is 7.99. The summed E-state index contributed by atoms with van der Waals surface area (Å²) in [6.45, 7) is 7.35. The molecule has 1 atom stereocenters. The maximum absolute atomic E-state index is 9.25. The van der Waals surface area contributed by atoms with Crippen molar-refractivity contribution in [2.75, 3.05) is 6.54 Å². The van der Waals surface area contributed by atoms with Crippen molar-refractivity contribution in [2.45, 2.75) is 45.8 Å². The standard InChI is InChI=1S/C13H23N3O/c1-8(14-7-11-5-12(17)6-11)13-9(2)15-16(4)10(13)3/h8,11-12,14,17H,5-7H2,1-4H3. The molecule has 4 heteroatoms. The van der Waals surface area contributed by atoms with Crippen molar-refractivity contribution in [2.24, 2.45) is 13.0 Å². The van der Waals surface area contributed by atoms with E-state index in [1.807, 2.05) is 11.7 Å². The highest BCUT2D eigenvalue weighted by Gasteiger charge is 2.27. The van der Waals surface area contributed by atoms with Crippen LogP contribution < -0.4 is 5.32 Å². The van der Waals surface area contributed by atoms with Crippen LogP contribution in [0.3, 0.4) is 0 Å². The maximum Gasteiger partial charge on any atom is 0.0644 e. The minimum Gasteiger partial charge on any atom is -0.393 e. The van der Waals surface area contributed by atoms with Crippen molar-refractivity contribution in [3.63, 3.8) is 0 Å². The average molecular weight is 237 g/mol. The summed E-state index contributed by atoms with van der Waals surface area (Å²) in [6.07, 6.45) is 1.84. The molecule has 0 radical (unpaired) electrons. The van der Waals surface area contributed by atoms with Crippen LogP contribution in [-0.2, 0) is 7.05 Å². The molecule has 1 unspecified atom stereocenters. The van der Waals surface area contributed by atoms with Gasteiger partial charge in [-0.15, -0.1) is 0 Å². The van der Waals surface area contributed by atoms with Gasteiger partial charge in [0.1, 0.15) is 0 Å². The SMILES string of the molecule is Cc1nn(C)c(C)c1C(C)NCC1CC(O)C1. The summed E-state index contributed by atoms with van der Waals surface area (Å²) in [7, 11) is 1.99. The van der Waals surface area contributed by atoms with Crippen molar-refractivity contribution >= 4 is 0 Å². The number of hydrogen-bond acceptors (Lipinski definition) is 3. The molecule has 0 spiro atoms. The Balaban J connectivity index is 1.92. The van der Waals surface area contributed by atoms with Gasteiger partial charge in [-0.3, -0.25) is 4.68 Å². The van der Waals surface area contributed by atoms with Crippen LogP contribution in [0.25, 0.3) is 0 Å². The van der Waals surface area contributed by atoms with Gasteiger partial charge in [-0.2, -0.15) is 5.10 Å². The lowest BCUT2D eigenvalue weighted by Crippen LogP contribution is -2.37. The smallest absolute Gasteiger partial charge is 0.0644 e. The lowest BCUT2D eigenvalue weighted by molar-refractivity contribution is 0.0420. The Morgan fingerprint density at radius 3 is 2.59 bits per heavy atom. The summed E-state index contributed by atoms with van der Waals surface area (Å²) in [5.41, 5.74) is 3.65. The molecule has 17 heavy (non-hydrogen) atoms. The molecule has 1 aromatic rings. The summed E-state index contributed by atoms with van der Waals surface area (Å²) in [5, 5.41) is 17.2. The van der Waals surface area contributed by atoms with Crippen molar-refractivity contribution in [3.8, 4) is 0 Å². The summed E-state index contributed by atoms with van der Waals surface area (Å²) in [4.78, 5) is 0. The number of aromatic nitrogens is 2. The van der Waals surface area contributed by atoms with Gasteiger partial charge in [-0.25, -0.2) is 0 Å². The fourth-order valence-electron chi connectivity index (χ4n) is 2.73. The quantitative estimate of drug-likeness (QED) is 0.833. The summed E-state index contributed by atoms with van der Waals surface area (Å²) in [6, 6.07) is 0.335. The summed E-state index contributed by atoms with van der Waals surface area (Å²) in [5.74, 6) is 0.643. The Morgan fingerprint density at radius 2 is 2.12 bits per heavy atom. The van der Waals surface area contributed by atoms with Crippen molar-refractivity contribution < 1.29 is 5.11 Å². The van der Waals surface area contributed by atoms with Crippen LogP contribution in [-0.4, -0.2) is 27.5 Å². The Morgan fingerprint density at radius 1 is 1.47 bits per heavy atom. The first-order valence-electron chi connectivity index (χ1n) is 6.40. The summed E-state index contributed by atoms with van der Waals surface area (Å²) < 4.78 is 1.94. The molecule has 1 aliphatic rings. The van der Waals surface area contributed by atoms with E-state index in [0.717, 1.165) is 25.1 Å². The highest BCUT2D eigenvalue weighted by Crippen LogP contribution is 2.27. The van der Waals surface area contributed by atoms with E-state index in [4.69, 9.17) is 0 Å². The molecule has 0 aliphatic heterocycles. The number of hydrogen-bond donors (Lipinski definition) is 2. The van der Waals surface area contributed by atoms with E-state index < -0.39 is 0 Å².